The Kier molecular flexibility index (Phi) is 6.84. The molecular formula is C14H24N4O3. The first kappa shape index (κ1) is 17.1. The van der Waals surface area contributed by atoms with Gasteiger partial charge in [-0.25, -0.2) is 9.48 Å². The van der Waals surface area contributed by atoms with Crippen molar-refractivity contribution in [1.29, 1.82) is 0 Å². The molecule has 7 heteroatoms. The van der Waals surface area contributed by atoms with Crippen molar-refractivity contribution in [1.82, 2.24) is 20.3 Å². The standard InChI is InChI=1S/C14H24N4O3/c1-5-7-9-15-13(19)10(3)18-11(8-6-2)12(16-17-18)14(20)21-4/h10H,5-9H2,1-4H3,(H,15,19). The molecule has 0 aliphatic rings. The number of hydrogen-bond acceptors (Lipinski definition) is 5. The van der Waals surface area contributed by atoms with Gasteiger partial charge in [0, 0.05) is 6.54 Å². The molecule has 0 aromatic carbocycles. The molecule has 1 N–H and O–H groups in total. The van der Waals surface area contributed by atoms with Gasteiger partial charge in [-0.2, -0.15) is 0 Å². The minimum atomic E-state index is -0.525. The third-order valence-electron chi connectivity index (χ3n) is 3.23. The number of carbonyl (C=O) groups is 2. The molecule has 0 radical (unpaired) electrons. The summed E-state index contributed by atoms with van der Waals surface area (Å²) in [6, 6.07) is -0.505. The van der Waals surface area contributed by atoms with Crippen molar-refractivity contribution < 1.29 is 14.3 Å². The molecule has 118 valence electrons. The van der Waals surface area contributed by atoms with Gasteiger partial charge in [0.2, 0.25) is 5.91 Å². The highest BCUT2D eigenvalue weighted by Crippen LogP contribution is 2.15. The van der Waals surface area contributed by atoms with E-state index < -0.39 is 12.0 Å². The zero-order chi connectivity index (χ0) is 15.8. The minimum Gasteiger partial charge on any atom is -0.464 e. The van der Waals surface area contributed by atoms with Gasteiger partial charge in [0.1, 0.15) is 6.04 Å². The summed E-state index contributed by atoms with van der Waals surface area (Å²) in [5, 5.41) is 10.7. The molecule has 21 heavy (non-hydrogen) atoms. The molecule has 0 spiro atoms. The highest BCUT2D eigenvalue weighted by Gasteiger charge is 2.25. The van der Waals surface area contributed by atoms with Gasteiger partial charge < -0.3 is 10.1 Å². The fourth-order valence-corrected chi connectivity index (χ4v) is 2.00. The summed E-state index contributed by atoms with van der Waals surface area (Å²) >= 11 is 0. The molecule has 0 fully saturated rings. The fraction of sp³-hybridized carbons (Fsp3) is 0.714. The fourth-order valence-electron chi connectivity index (χ4n) is 2.00. The molecule has 0 saturated heterocycles. The zero-order valence-corrected chi connectivity index (χ0v) is 13.2. The van der Waals surface area contributed by atoms with Crippen LogP contribution in [0, 0.1) is 0 Å². The molecule has 7 nitrogen and oxygen atoms in total. The second-order valence-electron chi connectivity index (χ2n) is 4.89. The second kappa shape index (κ2) is 8.39. The lowest BCUT2D eigenvalue weighted by atomic mass is 10.2. The van der Waals surface area contributed by atoms with Crippen molar-refractivity contribution in [2.75, 3.05) is 13.7 Å². The van der Waals surface area contributed by atoms with Crippen LogP contribution >= 0.6 is 0 Å². The van der Waals surface area contributed by atoms with Gasteiger partial charge in [0.05, 0.1) is 12.8 Å². The molecule has 1 atom stereocenters. The van der Waals surface area contributed by atoms with E-state index >= 15 is 0 Å². The molecular weight excluding hydrogens is 272 g/mol. The number of nitrogens with one attached hydrogen (secondary N) is 1. The number of carbonyl (C=O) groups excluding carboxylic acids is 2. The SMILES string of the molecule is CCCCNC(=O)C(C)n1nnc(C(=O)OC)c1CCC. The van der Waals surface area contributed by atoms with Gasteiger partial charge in [-0.3, -0.25) is 4.79 Å². The van der Waals surface area contributed by atoms with E-state index in [1.54, 1.807) is 6.92 Å². The van der Waals surface area contributed by atoms with Crippen molar-refractivity contribution in [2.45, 2.75) is 52.5 Å². The predicted molar refractivity (Wildman–Crippen MR) is 78.0 cm³/mol. The normalized spacial score (nSPS) is 12.0. The van der Waals surface area contributed by atoms with Crippen LogP contribution in [0.25, 0.3) is 0 Å². The number of methoxy groups -OCH3 is 1. The van der Waals surface area contributed by atoms with Crippen molar-refractivity contribution >= 4 is 11.9 Å². The van der Waals surface area contributed by atoms with Gasteiger partial charge in [0.25, 0.3) is 0 Å². The van der Waals surface area contributed by atoms with Crippen molar-refractivity contribution in [2.24, 2.45) is 0 Å². The number of nitrogens with zero attached hydrogens (tertiary/aromatic N) is 3. The van der Waals surface area contributed by atoms with E-state index in [1.807, 2.05) is 6.92 Å². The Hall–Kier alpha value is -1.92. The summed E-state index contributed by atoms with van der Waals surface area (Å²) in [6.45, 7) is 6.44. The highest BCUT2D eigenvalue weighted by molar-refractivity contribution is 5.88. The Morgan fingerprint density at radius 1 is 1.33 bits per heavy atom. The van der Waals surface area contributed by atoms with Crippen LogP contribution in [-0.4, -0.2) is 40.5 Å². The van der Waals surface area contributed by atoms with Gasteiger partial charge in [-0.05, 0) is 19.8 Å². The summed E-state index contributed by atoms with van der Waals surface area (Å²) in [5.74, 6) is -0.648. The average molecular weight is 296 g/mol. The first-order valence-corrected chi connectivity index (χ1v) is 7.36. The Morgan fingerprint density at radius 3 is 2.62 bits per heavy atom. The van der Waals surface area contributed by atoms with E-state index in [1.165, 1.54) is 11.8 Å². The Bertz CT molecular complexity index is 485. The Balaban J connectivity index is 2.92. The topological polar surface area (TPSA) is 86.1 Å². The molecule has 1 amide bonds. The van der Waals surface area contributed by atoms with Crippen LogP contribution in [0.5, 0.6) is 0 Å². The number of rotatable bonds is 8. The first-order valence-electron chi connectivity index (χ1n) is 7.36. The van der Waals surface area contributed by atoms with Crippen LogP contribution in [-0.2, 0) is 16.0 Å². The number of hydrogen-bond donors (Lipinski definition) is 1. The van der Waals surface area contributed by atoms with Crippen LogP contribution < -0.4 is 5.32 Å². The molecule has 0 saturated carbocycles. The van der Waals surface area contributed by atoms with Crippen LogP contribution in [0.4, 0.5) is 0 Å². The van der Waals surface area contributed by atoms with Gasteiger partial charge in [-0.15, -0.1) is 5.10 Å². The lowest BCUT2D eigenvalue weighted by Gasteiger charge is -2.14. The molecule has 1 rings (SSSR count). The van der Waals surface area contributed by atoms with E-state index in [2.05, 4.69) is 22.6 Å². The molecule has 1 heterocycles. The molecule has 1 aromatic heterocycles. The molecule has 0 aliphatic carbocycles. The third kappa shape index (κ3) is 4.27. The molecule has 0 aliphatic heterocycles. The Morgan fingerprint density at radius 2 is 2.05 bits per heavy atom. The number of unbranched alkanes of at least 4 members (excludes halogenated alkanes) is 1. The highest BCUT2D eigenvalue weighted by atomic mass is 16.5. The molecule has 0 bridgehead atoms. The largest absolute Gasteiger partial charge is 0.464 e. The minimum absolute atomic E-state index is 0.123. The summed E-state index contributed by atoms with van der Waals surface area (Å²) in [6.07, 6.45) is 3.39. The average Bonchev–Trinajstić information content (AvgIpc) is 2.90. The van der Waals surface area contributed by atoms with Crippen LogP contribution in [0.2, 0.25) is 0 Å². The van der Waals surface area contributed by atoms with E-state index in [4.69, 9.17) is 4.74 Å². The number of aromatic nitrogens is 3. The summed E-state index contributed by atoms with van der Waals surface area (Å²) in [4.78, 5) is 23.8. The van der Waals surface area contributed by atoms with Gasteiger partial charge in [0.15, 0.2) is 5.69 Å². The van der Waals surface area contributed by atoms with E-state index in [0.29, 0.717) is 18.7 Å². The lowest BCUT2D eigenvalue weighted by molar-refractivity contribution is -0.124. The summed E-state index contributed by atoms with van der Waals surface area (Å²) in [7, 11) is 1.30. The first-order chi connectivity index (χ1) is 10.1. The smallest absolute Gasteiger partial charge is 0.360 e. The van der Waals surface area contributed by atoms with Crippen molar-refractivity contribution in [3.8, 4) is 0 Å². The lowest BCUT2D eigenvalue weighted by Crippen LogP contribution is -2.33. The predicted octanol–water partition coefficient (Wildman–Crippen LogP) is 1.49. The maximum absolute atomic E-state index is 12.1. The summed E-state index contributed by atoms with van der Waals surface area (Å²) < 4.78 is 6.21. The number of esters is 1. The number of ether oxygens (including phenoxy) is 1. The second-order valence-corrected chi connectivity index (χ2v) is 4.89. The van der Waals surface area contributed by atoms with E-state index in [0.717, 1.165) is 19.3 Å². The molecule has 1 aromatic rings. The van der Waals surface area contributed by atoms with Crippen LogP contribution in [0.1, 0.15) is 62.3 Å². The van der Waals surface area contributed by atoms with E-state index in [-0.39, 0.29) is 11.6 Å². The van der Waals surface area contributed by atoms with Crippen LogP contribution in [0.3, 0.4) is 0 Å². The molecule has 1 unspecified atom stereocenters. The zero-order valence-electron chi connectivity index (χ0n) is 13.2. The maximum Gasteiger partial charge on any atom is 0.360 e. The monoisotopic (exact) mass is 296 g/mol. The maximum atomic E-state index is 12.1. The summed E-state index contributed by atoms with van der Waals surface area (Å²) in [5.41, 5.74) is 0.829. The van der Waals surface area contributed by atoms with Gasteiger partial charge >= 0.3 is 5.97 Å². The van der Waals surface area contributed by atoms with E-state index in [9.17, 15) is 9.59 Å². The number of amides is 1. The third-order valence-corrected chi connectivity index (χ3v) is 3.23. The quantitative estimate of drug-likeness (QED) is 0.580. The van der Waals surface area contributed by atoms with Crippen molar-refractivity contribution in [3.63, 3.8) is 0 Å². The van der Waals surface area contributed by atoms with Gasteiger partial charge in [-0.1, -0.05) is 31.9 Å². The van der Waals surface area contributed by atoms with Crippen molar-refractivity contribution in [3.05, 3.63) is 11.4 Å². The Labute approximate surface area is 125 Å². The van der Waals surface area contributed by atoms with Crippen LogP contribution in [0.15, 0.2) is 0 Å².